The van der Waals surface area contributed by atoms with E-state index in [1.54, 1.807) is 30.3 Å². The first-order chi connectivity index (χ1) is 17.1. The molecule has 1 aromatic carbocycles. The third-order valence-electron chi connectivity index (χ3n) is 6.04. The van der Waals surface area contributed by atoms with Gasteiger partial charge < -0.3 is 37.2 Å². The van der Waals surface area contributed by atoms with Crippen molar-refractivity contribution in [1.29, 1.82) is 0 Å². The summed E-state index contributed by atoms with van der Waals surface area (Å²) in [7, 11) is 0. The van der Waals surface area contributed by atoms with Crippen LogP contribution in [0, 0.1) is 0 Å². The van der Waals surface area contributed by atoms with Crippen LogP contribution in [0.2, 0.25) is 0 Å². The van der Waals surface area contributed by atoms with Crippen molar-refractivity contribution in [3.05, 3.63) is 35.9 Å². The predicted molar refractivity (Wildman–Crippen MR) is 130 cm³/mol. The Hall–Kier alpha value is -3.51. The Morgan fingerprint density at radius 1 is 1.00 bits per heavy atom. The van der Waals surface area contributed by atoms with Crippen LogP contribution >= 0.6 is 0 Å². The highest BCUT2D eigenvalue weighted by molar-refractivity contribution is 5.95. The van der Waals surface area contributed by atoms with Crippen LogP contribution in [-0.2, 0) is 30.4 Å². The van der Waals surface area contributed by atoms with Crippen LogP contribution in [0.25, 0.3) is 0 Å². The van der Waals surface area contributed by atoms with Crippen LogP contribution in [0.5, 0.6) is 0 Å². The third-order valence-corrected chi connectivity index (χ3v) is 6.04. The molecule has 4 unspecified atom stereocenters. The second kappa shape index (κ2) is 14.1. The van der Waals surface area contributed by atoms with E-state index >= 15 is 0 Å². The molecule has 8 N–H and O–H groups in total. The molecule has 12 heteroatoms. The first-order valence-corrected chi connectivity index (χ1v) is 12.0. The van der Waals surface area contributed by atoms with E-state index in [4.69, 9.17) is 11.5 Å². The van der Waals surface area contributed by atoms with Gasteiger partial charge in [0.1, 0.15) is 18.1 Å². The second-order valence-corrected chi connectivity index (χ2v) is 8.83. The van der Waals surface area contributed by atoms with Gasteiger partial charge in [-0.25, -0.2) is 4.79 Å². The van der Waals surface area contributed by atoms with Gasteiger partial charge in [-0.2, -0.15) is 0 Å². The number of likely N-dealkylation sites (tertiary alicyclic amines) is 1. The smallest absolute Gasteiger partial charge is 0.326 e. The molecule has 0 spiro atoms. The number of carboxylic acid groups (broad SMARTS) is 2. The molecule has 0 bridgehead atoms. The van der Waals surface area contributed by atoms with Crippen molar-refractivity contribution in [2.75, 3.05) is 13.1 Å². The van der Waals surface area contributed by atoms with Gasteiger partial charge in [-0.1, -0.05) is 36.8 Å². The Bertz CT molecular complexity index is 927. The number of carboxylic acids is 2. The molecule has 36 heavy (non-hydrogen) atoms. The molecule has 2 rings (SSSR count). The van der Waals surface area contributed by atoms with Gasteiger partial charge in [0.05, 0.1) is 12.5 Å². The molecule has 0 radical (unpaired) electrons. The van der Waals surface area contributed by atoms with E-state index in [0.29, 0.717) is 44.2 Å². The van der Waals surface area contributed by atoms with E-state index < -0.39 is 60.2 Å². The third kappa shape index (κ3) is 8.61. The lowest BCUT2D eigenvalue weighted by Crippen LogP contribution is -2.58. The summed E-state index contributed by atoms with van der Waals surface area (Å²) < 4.78 is 0. The van der Waals surface area contributed by atoms with Gasteiger partial charge in [0, 0.05) is 13.0 Å². The summed E-state index contributed by atoms with van der Waals surface area (Å²) in [6, 6.07) is 4.21. The fraction of sp³-hybridized carbons (Fsp3) is 0.542. The van der Waals surface area contributed by atoms with Crippen molar-refractivity contribution in [3.8, 4) is 0 Å². The number of nitrogens with one attached hydrogen (secondary N) is 2. The fourth-order valence-electron chi connectivity index (χ4n) is 4.11. The van der Waals surface area contributed by atoms with Gasteiger partial charge in [-0.05, 0) is 37.8 Å². The monoisotopic (exact) mass is 505 g/mol. The van der Waals surface area contributed by atoms with Gasteiger partial charge in [0.15, 0.2) is 0 Å². The van der Waals surface area contributed by atoms with Gasteiger partial charge in [0.2, 0.25) is 17.7 Å². The van der Waals surface area contributed by atoms with Crippen LogP contribution in [0.3, 0.4) is 0 Å². The van der Waals surface area contributed by atoms with Gasteiger partial charge >= 0.3 is 11.9 Å². The first-order valence-electron chi connectivity index (χ1n) is 12.0. The number of carbonyl (C=O) groups is 5. The Balaban J connectivity index is 2.20. The average molecular weight is 506 g/mol. The average Bonchev–Trinajstić information content (AvgIpc) is 3.33. The number of nitrogens with two attached hydrogens (primary N) is 2. The summed E-state index contributed by atoms with van der Waals surface area (Å²) in [5.74, 6) is -4.62. The Morgan fingerprint density at radius 2 is 1.67 bits per heavy atom. The van der Waals surface area contributed by atoms with Crippen molar-refractivity contribution in [3.63, 3.8) is 0 Å². The van der Waals surface area contributed by atoms with Crippen LogP contribution in [-0.4, -0.2) is 82.0 Å². The Kier molecular flexibility index (Phi) is 11.3. The summed E-state index contributed by atoms with van der Waals surface area (Å²) in [4.78, 5) is 63.2. The molecular weight excluding hydrogens is 470 g/mol. The predicted octanol–water partition coefficient (Wildman–Crippen LogP) is -0.795. The van der Waals surface area contributed by atoms with Gasteiger partial charge in [-0.3, -0.25) is 19.2 Å². The molecule has 3 amide bonds. The van der Waals surface area contributed by atoms with E-state index in [0.717, 1.165) is 0 Å². The molecule has 12 nitrogen and oxygen atoms in total. The number of amides is 3. The van der Waals surface area contributed by atoms with Crippen LogP contribution in [0.15, 0.2) is 30.3 Å². The highest BCUT2D eigenvalue weighted by Crippen LogP contribution is 2.20. The van der Waals surface area contributed by atoms with E-state index in [1.807, 2.05) is 0 Å². The molecule has 1 aliphatic heterocycles. The zero-order valence-electron chi connectivity index (χ0n) is 20.1. The topological polar surface area (TPSA) is 205 Å². The van der Waals surface area contributed by atoms with Crippen LogP contribution in [0.4, 0.5) is 0 Å². The SMILES string of the molecule is NCCCCC(N)C(=O)NC(CC(=O)O)C(=O)NC(Cc1ccccc1)C(=O)N1CCCC1C(=O)O. The van der Waals surface area contributed by atoms with Crippen LogP contribution < -0.4 is 22.1 Å². The van der Waals surface area contributed by atoms with E-state index in [1.165, 1.54) is 4.90 Å². The highest BCUT2D eigenvalue weighted by Gasteiger charge is 2.38. The zero-order chi connectivity index (χ0) is 26.7. The standard InChI is InChI=1S/C24H35N5O7/c25-11-5-4-9-16(26)21(32)27-17(14-20(30)31)22(33)28-18(13-15-7-2-1-3-8-15)23(34)29-12-6-10-19(29)24(35)36/h1-3,7-8,16-19H,4-6,9-14,25-26H2,(H,27,32)(H,28,33)(H,30,31)(H,35,36). The van der Waals surface area contributed by atoms with Crippen molar-refractivity contribution in [2.45, 2.75) is 69.1 Å². The first kappa shape index (κ1) is 28.7. The molecule has 4 atom stereocenters. The largest absolute Gasteiger partial charge is 0.481 e. The zero-order valence-corrected chi connectivity index (χ0v) is 20.1. The van der Waals surface area contributed by atoms with E-state index in [-0.39, 0.29) is 13.0 Å². The summed E-state index contributed by atoms with van der Waals surface area (Å²) >= 11 is 0. The fourth-order valence-corrected chi connectivity index (χ4v) is 4.11. The quantitative estimate of drug-likeness (QED) is 0.175. The van der Waals surface area contributed by atoms with Crippen molar-refractivity contribution in [1.82, 2.24) is 15.5 Å². The number of nitrogens with zero attached hydrogens (tertiary/aromatic N) is 1. The number of benzene rings is 1. The number of unbranched alkanes of at least 4 members (excludes halogenated alkanes) is 1. The maximum absolute atomic E-state index is 13.3. The van der Waals surface area contributed by atoms with Gasteiger partial charge in [-0.15, -0.1) is 0 Å². The molecule has 1 saturated heterocycles. The number of aliphatic carboxylic acids is 2. The second-order valence-electron chi connectivity index (χ2n) is 8.83. The van der Waals surface area contributed by atoms with E-state index in [2.05, 4.69) is 10.6 Å². The number of rotatable bonds is 14. The molecule has 1 fully saturated rings. The normalized spacial score (nSPS) is 17.6. The number of carbonyl (C=O) groups excluding carboxylic acids is 3. The van der Waals surface area contributed by atoms with Crippen molar-refractivity contribution >= 4 is 29.7 Å². The summed E-state index contributed by atoms with van der Waals surface area (Å²) in [5, 5.41) is 23.7. The molecule has 0 saturated carbocycles. The highest BCUT2D eigenvalue weighted by atomic mass is 16.4. The van der Waals surface area contributed by atoms with E-state index in [9.17, 15) is 34.2 Å². The number of hydrogen-bond donors (Lipinski definition) is 6. The lowest BCUT2D eigenvalue weighted by atomic mass is 10.0. The Morgan fingerprint density at radius 3 is 2.28 bits per heavy atom. The van der Waals surface area contributed by atoms with Crippen LogP contribution in [0.1, 0.15) is 44.1 Å². The molecule has 1 aromatic rings. The van der Waals surface area contributed by atoms with Crippen molar-refractivity contribution in [2.24, 2.45) is 11.5 Å². The maximum Gasteiger partial charge on any atom is 0.326 e. The Labute approximate surface area is 209 Å². The molecule has 1 heterocycles. The molecule has 0 aromatic heterocycles. The minimum Gasteiger partial charge on any atom is -0.481 e. The minimum absolute atomic E-state index is 0.0561. The number of hydrogen-bond acceptors (Lipinski definition) is 7. The molecule has 1 aliphatic rings. The minimum atomic E-state index is -1.48. The lowest BCUT2D eigenvalue weighted by molar-refractivity contribution is -0.149. The summed E-state index contributed by atoms with van der Waals surface area (Å²) in [6.07, 6.45) is 1.71. The molecule has 198 valence electrons. The maximum atomic E-state index is 13.3. The lowest BCUT2D eigenvalue weighted by Gasteiger charge is -2.29. The molecular formula is C24H35N5O7. The van der Waals surface area contributed by atoms with Crippen molar-refractivity contribution < 1.29 is 34.2 Å². The summed E-state index contributed by atoms with van der Waals surface area (Å²) in [5.41, 5.74) is 12.0. The molecule has 0 aliphatic carbocycles. The van der Waals surface area contributed by atoms with Gasteiger partial charge in [0.25, 0.3) is 0 Å². The summed E-state index contributed by atoms with van der Waals surface area (Å²) in [6.45, 7) is 0.666.